The summed E-state index contributed by atoms with van der Waals surface area (Å²) >= 11 is 55.1. The van der Waals surface area contributed by atoms with Crippen LogP contribution in [0.4, 0.5) is 26.3 Å². The number of rotatable bonds is 17. The van der Waals surface area contributed by atoms with Gasteiger partial charge in [-0.25, -0.2) is 34.3 Å². The Morgan fingerprint density at radius 1 is 0.513 bits per heavy atom. The third-order valence-electron chi connectivity index (χ3n) is 13.1. The molecule has 0 atom stereocenters. The minimum atomic E-state index is -4.79. The van der Waals surface area contributed by atoms with Gasteiger partial charge in [-0.3, -0.25) is 4.79 Å². The van der Waals surface area contributed by atoms with E-state index in [4.69, 9.17) is 141 Å². The number of nitrogens with zero attached hydrogens (tertiary/aromatic N) is 4. The van der Waals surface area contributed by atoms with Gasteiger partial charge in [0.1, 0.15) is 40.1 Å². The monoisotopic (exact) mass is 1910 g/mol. The van der Waals surface area contributed by atoms with E-state index in [0.717, 1.165) is 16.9 Å². The number of carbonyl (C=O) groups excluding carboxylic acids is 3. The molecule has 4 aromatic heterocycles. The smallest absolute Gasteiger partial charge is 0.505 e. The second-order valence-corrected chi connectivity index (χ2v) is 29.8. The second kappa shape index (κ2) is 51.9. The van der Waals surface area contributed by atoms with Crippen LogP contribution in [-0.4, -0.2) is 128 Å². The van der Waals surface area contributed by atoms with Crippen molar-refractivity contribution >= 4 is 191 Å². The second-order valence-electron chi connectivity index (χ2n) is 21.8. The van der Waals surface area contributed by atoms with Crippen LogP contribution in [0.15, 0.2) is 122 Å². The number of methoxy groups -OCH3 is 2. The van der Waals surface area contributed by atoms with Gasteiger partial charge in [-0.05, 0) is 141 Å². The van der Waals surface area contributed by atoms with Gasteiger partial charge in [0.25, 0.3) is 5.91 Å². The summed E-state index contributed by atoms with van der Waals surface area (Å²) in [6, 6.07) is 23.3. The van der Waals surface area contributed by atoms with Gasteiger partial charge in [0.05, 0.1) is 78.8 Å². The number of hydrogen-bond acceptors (Lipinski definition) is 23. The van der Waals surface area contributed by atoms with E-state index in [1.54, 1.807) is 88.7 Å². The lowest BCUT2D eigenvalue weighted by molar-refractivity contribution is -0.275. The maximum absolute atomic E-state index is 12.3. The maximum atomic E-state index is 12.3. The lowest BCUT2D eigenvalue weighted by Crippen LogP contribution is -2.44. The van der Waals surface area contributed by atoms with E-state index in [0.29, 0.717) is 97.2 Å². The van der Waals surface area contributed by atoms with E-state index < -0.39 is 41.8 Å². The minimum Gasteiger partial charge on any atom is -0.505 e. The molecule has 0 aliphatic carbocycles. The van der Waals surface area contributed by atoms with E-state index in [-0.39, 0.29) is 125 Å². The van der Waals surface area contributed by atoms with Crippen molar-refractivity contribution in [3.05, 3.63) is 197 Å². The van der Waals surface area contributed by atoms with Crippen molar-refractivity contribution in [2.24, 2.45) is 5.73 Å². The normalized spacial score (nSPS) is 10.3. The van der Waals surface area contributed by atoms with Crippen LogP contribution in [0.5, 0.6) is 34.5 Å². The number of aliphatic hydroxyl groups is 2. The van der Waals surface area contributed by atoms with Gasteiger partial charge in [0.2, 0.25) is 0 Å². The first-order valence-electron chi connectivity index (χ1n) is 30.2. The molecule has 0 bridgehead atoms. The number of nitrogens with one attached hydrogen (secondary N) is 1. The zero-order chi connectivity index (χ0) is 82.1. The number of carboxylic acids is 1. The number of aromatic nitrogens is 4. The number of phenolic OH excluding ortho intramolecular Hbond substituents is 2. The number of alkyl halides is 6. The topological polar surface area (TPSA) is 314 Å². The number of halogens is 15. The molecule has 10 aromatic rings. The Balaban J connectivity index is -0.000000648. The Labute approximate surface area is 730 Å². The van der Waals surface area contributed by atoms with Gasteiger partial charge >= 0.3 is 30.6 Å². The summed E-state index contributed by atoms with van der Waals surface area (Å²) in [5.74, 6) is -2.60. The van der Waals surface area contributed by atoms with Crippen LogP contribution in [0.2, 0.25) is 40.2 Å². The molecule has 21 nitrogen and oxygen atoms in total. The summed E-state index contributed by atoms with van der Waals surface area (Å²) in [7, 11) is 8.46. The van der Waals surface area contributed by atoms with Crippen LogP contribution >= 0.6 is 154 Å². The van der Waals surface area contributed by atoms with Crippen LogP contribution < -0.4 is 35.5 Å². The third-order valence-corrected chi connectivity index (χ3v) is 19.4. The van der Waals surface area contributed by atoms with Crippen molar-refractivity contribution in [3.63, 3.8) is 0 Å². The maximum Gasteiger partial charge on any atom is 0.573 e. The number of aromatic hydroxyl groups is 2. The molecule has 2 radical (unpaired) electrons. The number of benzene rings is 6. The zero-order valence-electron chi connectivity index (χ0n) is 57.4. The number of nitrogens with two attached hydrogens (primary N) is 1. The molecule has 115 heavy (non-hydrogen) atoms. The van der Waals surface area contributed by atoms with Crippen molar-refractivity contribution in [1.82, 2.24) is 25.3 Å². The molecule has 4 heterocycles. The molecule has 6 aromatic carbocycles. The summed E-state index contributed by atoms with van der Waals surface area (Å²) in [4.78, 5) is 61.7. The Hall–Kier alpha value is -7.16. The highest BCUT2D eigenvalue weighted by Gasteiger charge is 2.33. The summed E-state index contributed by atoms with van der Waals surface area (Å²) < 4.78 is 99.9. The number of amides is 1. The van der Waals surface area contributed by atoms with Gasteiger partial charge in [-0.15, -0.1) is 71.7 Å². The van der Waals surface area contributed by atoms with Crippen molar-refractivity contribution in [2.45, 2.75) is 123 Å². The van der Waals surface area contributed by atoms with Crippen LogP contribution in [0.3, 0.4) is 0 Å². The fourth-order valence-electron chi connectivity index (χ4n) is 7.30. The van der Waals surface area contributed by atoms with Crippen molar-refractivity contribution < 1.29 is 101 Å². The van der Waals surface area contributed by atoms with Crippen molar-refractivity contribution in [1.29, 1.82) is 0 Å². The third kappa shape index (κ3) is 37.6. The number of phenols is 2. The molecule has 10 rings (SSSR count). The highest BCUT2D eigenvalue weighted by atomic mass is 79.9. The predicted molar refractivity (Wildman–Crippen MR) is 460 cm³/mol. The number of thiazole rings is 4. The van der Waals surface area contributed by atoms with E-state index >= 15 is 0 Å². The van der Waals surface area contributed by atoms with Gasteiger partial charge in [0, 0.05) is 52.7 Å². The lowest BCUT2D eigenvalue weighted by atomic mass is 9.90. The molecule has 634 valence electrons. The molecular formula is C74H86BBrCl8F6N6O15S4. The van der Waals surface area contributed by atoms with E-state index in [9.17, 15) is 55.7 Å². The molecule has 0 saturated heterocycles. The van der Waals surface area contributed by atoms with Gasteiger partial charge in [0.15, 0.2) is 44.0 Å². The van der Waals surface area contributed by atoms with Crippen LogP contribution in [0.25, 0.3) is 31.7 Å². The number of hydrogen-bond donors (Lipinski definition) is 7. The van der Waals surface area contributed by atoms with Crippen LogP contribution in [0.1, 0.15) is 141 Å². The lowest BCUT2D eigenvalue weighted by Gasteiger charge is -2.31. The highest BCUT2D eigenvalue weighted by Crippen LogP contribution is 2.41. The first-order chi connectivity index (χ1) is 50.8. The predicted octanol–water partition coefficient (Wildman–Crippen LogP) is 24.0. The fraction of sp³-hybridized carbons (Fsp3) is 0.297. The summed E-state index contributed by atoms with van der Waals surface area (Å²) in [6.07, 6.45) is -9.44. The molecule has 8 N–H and O–H groups in total. The molecular weight excluding hydrogens is 1830 g/mol. The Kier molecular flexibility index (Phi) is 50.6. The molecule has 0 unspecified atom stereocenters. The summed E-state index contributed by atoms with van der Waals surface area (Å²) in [6.45, 7) is 10.7. The standard InChI is InChI=1S/C18H11Cl2F3N2O3S.C13H11Cl2NO3S.C10H5Cl2NO3S.C8H8F3NO.C7H5BCl2O.C6H6BrNO2S.C6H14O2.6CH4.H2/c19-12-5-10(6-13(20)15(12)26)17-25-14(8-29-17)16(27)24-7-9-2-1-3-11(4-9)28-18(21,22)23;1-3-19-13(17)10-6-20-12(16-10)7-4-8(14)11(18-2)9(15)5-7;11-5-1-4(2-6(12)8(5)14)9-13-7(3-17-9)10(15)16;9-8(10,11)13-7-3-1-2-6(4-7)5-12;1-11-7-5(9)2-4(8)3-6(7)10;1-2-10-5(9)4-3-11-6(7)8-4;1-5(2,7)6(3,4)8;;;;;;;/h1-6,8,26H,7H2,(H,24,27);4-6H,3H2,1-2H3;1-3,14H,(H,15,16);1-4H,5,12H2;2-3H,1H3;3H,2H2,1H3;7-8H,1-4H3;6*1H4;1H/i;;;;;;;;;;;;;1+1. The van der Waals surface area contributed by atoms with Gasteiger partial charge in [-0.1, -0.05) is 167 Å². The van der Waals surface area contributed by atoms with E-state index in [1.807, 2.05) is 0 Å². The Morgan fingerprint density at radius 2 is 0.835 bits per heavy atom. The SMILES string of the molecule is C.C.C.C.C.C.CC(C)(O)C(C)(C)O.CCOC(=O)c1csc(-c2cc(Cl)c(OC)c(Cl)c2)n1.CCOC(=O)c1csc(Br)n1.NCc1cccc(OC(F)(F)F)c1.O=C(NCc1cccc(OC(F)(F)F)c1)c1csc(-c2cc(Cl)c(O)c(Cl)c2)n1.O=C(O)c1csc(-c2cc(Cl)c(O)c(Cl)c2)n1.[2HH].[B]c1cc(Cl)c(OC)c(Cl)c1. The van der Waals surface area contributed by atoms with Gasteiger partial charge < -0.3 is 65.0 Å². The summed E-state index contributed by atoms with van der Waals surface area (Å²) in [5, 5.41) is 58.3. The number of carbonyl (C=O) groups is 4. The molecule has 41 heteroatoms. The van der Waals surface area contributed by atoms with E-state index in [2.05, 4.69) is 50.7 Å². The number of esters is 2. The highest BCUT2D eigenvalue weighted by molar-refractivity contribution is 9.11. The molecule has 1 amide bonds. The number of ether oxygens (including phenoxy) is 6. The number of carboxylic acid groups (broad SMARTS) is 1. The molecule has 0 saturated carbocycles. The van der Waals surface area contributed by atoms with E-state index in [1.165, 1.54) is 120 Å². The van der Waals surface area contributed by atoms with Crippen molar-refractivity contribution in [2.75, 3.05) is 27.4 Å². The molecule has 0 aliphatic rings. The minimum absolute atomic E-state index is 0. The first-order valence-corrected chi connectivity index (χ1v) is 37.5. The van der Waals surface area contributed by atoms with Crippen molar-refractivity contribution in [3.8, 4) is 66.2 Å². The zero-order valence-corrected chi connectivity index (χ0v) is 68.3. The van der Waals surface area contributed by atoms with Gasteiger partial charge in [-0.2, -0.15) is 0 Å². The number of aromatic carboxylic acids is 1. The summed E-state index contributed by atoms with van der Waals surface area (Å²) in [5.41, 5.74) is 7.32. The quantitative estimate of drug-likeness (QED) is 0.0253. The van der Waals surface area contributed by atoms with Crippen LogP contribution in [-0.2, 0) is 22.6 Å². The fourth-order valence-corrected chi connectivity index (χ4v) is 12.9. The Morgan fingerprint density at radius 3 is 1.17 bits per heavy atom. The molecule has 0 aliphatic heterocycles. The van der Waals surface area contributed by atoms with Crippen LogP contribution in [0, 0.1) is 0 Å². The molecule has 0 spiro atoms. The average Bonchev–Trinajstić information content (AvgIpc) is 1.55. The average molecular weight is 1920 g/mol. The molecule has 0 fully saturated rings. The first kappa shape index (κ1) is 112. The Bertz CT molecular complexity index is 4630. The largest absolute Gasteiger partial charge is 0.573 e.